The molecule has 19 heavy (non-hydrogen) atoms. The van der Waals surface area contributed by atoms with Crippen LogP contribution in [0.1, 0.15) is 49.3 Å². The smallest absolute Gasteiger partial charge is 0.325 e. The van der Waals surface area contributed by atoms with Crippen molar-refractivity contribution in [1.29, 1.82) is 0 Å². The van der Waals surface area contributed by atoms with Crippen molar-refractivity contribution in [2.45, 2.75) is 50.6 Å². The second-order valence-electron chi connectivity index (χ2n) is 5.72. The van der Waals surface area contributed by atoms with Crippen LogP contribution in [0, 0.1) is 0 Å². The Bertz CT molecular complexity index is 466. The van der Waals surface area contributed by atoms with Gasteiger partial charge in [-0.05, 0) is 30.4 Å². The lowest BCUT2D eigenvalue weighted by molar-refractivity contribution is -0.145. The van der Waals surface area contributed by atoms with E-state index in [0.717, 1.165) is 31.4 Å². The van der Waals surface area contributed by atoms with Crippen molar-refractivity contribution < 1.29 is 9.90 Å². The van der Waals surface area contributed by atoms with Crippen LogP contribution >= 0.6 is 0 Å². The third-order valence-electron chi connectivity index (χ3n) is 4.60. The summed E-state index contributed by atoms with van der Waals surface area (Å²) in [6.07, 6.45) is 7.09. The predicted molar refractivity (Wildman–Crippen MR) is 74.1 cm³/mol. The number of hydrogen-bond acceptors (Lipinski definition) is 2. The van der Waals surface area contributed by atoms with Crippen LogP contribution in [-0.4, -0.2) is 28.6 Å². The van der Waals surface area contributed by atoms with Crippen LogP contribution in [0.5, 0.6) is 0 Å². The van der Waals surface area contributed by atoms with Gasteiger partial charge >= 0.3 is 5.97 Å². The summed E-state index contributed by atoms with van der Waals surface area (Å²) in [5, 5.41) is 9.64. The zero-order chi connectivity index (χ0) is 13.2. The minimum Gasteiger partial charge on any atom is -0.480 e. The van der Waals surface area contributed by atoms with E-state index in [1.807, 2.05) is 18.2 Å². The number of hydrogen-bond donors (Lipinski definition) is 1. The molecule has 0 amide bonds. The summed E-state index contributed by atoms with van der Waals surface area (Å²) in [4.78, 5) is 14.0. The molecule has 1 N–H and O–H groups in total. The van der Waals surface area contributed by atoms with Crippen molar-refractivity contribution in [3.63, 3.8) is 0 Å². The molecule has 1 heterocycles. The summed E-state index contributed by atoms with van der Waals surface area (Å²) in [6, 6.07) is 8.05. The molecular formula is C16H21NO2. The Morgan fingerprint density at radius 2 is 1.89 bits per heavy atom. The summed E-state index contributed by atoms with van der Waals surface area (Å²) in [6.45, 7) is 0.888. The van der Waals surface area contributed by atoms with E-state index in [1.54, 1.807) is 0 Å². The Labute approximate surface area is 114 Å². The van der Waals surface area contributed by atoms with E-state index in [4.69, 9.17) is 0 Å². The number of carboxylic acids is 1. The van der Waals surface area contributed by atoms with Crippen molar-refractivity contribution in [3.05, 3.63) is 35.4 Å². The van der Waals surface area contributed by atoms with Gasteiger partial charge in [0.25, 0.3) is 0 Å². The summed E-state index contributed by atoms with van der Waals surface area (Å²) in [5.74, 6) is -0.697. The van der Waals surface area contributed by atoms with Crippen LogP contribution < -0.4 is 0 Å². The van der Waals surface area contributed by atoms with E-state index >= 15 is 0 Å². The normalized spacial score (nSPS) is 24.9. The first-order valence-corrected chi connectivity index (χ1v) is 7.34. The molecule has 1 aliphatic carbocycles. The molecule has 1 atom stereocenters. The number of rotatable bonds is 2. The third kappa shape index (κ3) is 2.39. The van der Waals surface area contributed by atoms with Crippen molar-refractivity contribution >= 4 is 5.97 Å². The highest BCUT2D eigenvalue weighted by Crippen LogP contribution is 2.35. The largest absolute Gasteiger partial charge is 0.480 e. The minimum atomic E-state index is -0.697. The molecule has 102 valence electrons. The van der Waals surface area contributed by atoms with Crippen molar-refractivity contribution in [2.24, 2.45) is 0 Å². The first kappa shape index (κ1) is 12.7. The zero-order valence-electron chi connectivity index (χ0n) is 11.2. The van der Waals surface area contributed by atoms with Crippen molar-refractivity contribution in [3.8, 4) is 0 Å². The van der Waals surface area contributed by atoms with Gasteiger partial charge in [-0.25, -0.2) is 0 Å². The van der Waals surface area contributed by atoms with E-state index in [9.17, 15) is 9.90 Å². The van der Waals surface area contributed by atoms with Crippen LogP contribution in [0.15, 0.2) is 24.3 Å². The average molecular weight is 259 g/mol. The Morgan fingerprint density at radius 1 is 1.16 bits per heavy atom. The van der Waals surface area contributed by atoms with E-state index in [2.05, 4.69) is 11.0 Å². The summed E-state index contributed by atoms with van der Waals surface area (Å²) in [7, 11) is 0. The first-order valence-electron chi connectivity index (χ1n) is 7.34. The lowest BCUT2D eigenvalue weighted by atomic mass is 9.87. The number of aliphatic carboxylic acids is 1. The highest BCUT2D eigenvalue weighted by atomic mass is 16.4. The van der Waals surface area contributed by atoms with E-state index < -0.39 is 12.0 Å². The van der Waals surface area contributed by atoms with Crippen LogP contribution in [0.4, 0.5) is 0 Å². The van der Waals surface area contributed by atoms with E-state index in [0.29, 0.717) is 6.04 Å². The second kappa shape index (κ2) is 5.33. The summed E-state index contributed by atoms with van der Waals surface area (Å²) in [5.41, 5.74) is 2.22. The van der Waals surface area contributed by atoms with E-state index in [1.165, 1.54) is 24.8 Å². The van der Waals surface area contributed by atoms with Crippen LogP contribution in [0.2, 0.25) is 0 Å². The first-order chi connectivity index (χ1) is 9.27. The second-order valence-corrected chi connectivity index (χ2v) is 5.72. The maximum Gasteiger partial charge on any atom is 0.325 e. The van der Waals surface area contributed by atoms with Gasteiger partial charge in [-0.2, -0.15) is 0 Å². The number of carbonyl (C=O) groups is 1. The molecule has 1 saturated carbocycles. The third-order valence-corrected chi connectivity index (χ3v) is 4.60. The van der Waals surface area contributed by atoms with Gasteiger partial charge in [-0.3, -0.25) is 9.69 Å². The molecule has 0 radical (unpaired) electrons. The Hall–Kier alpha value is -1.35. The summed E-state index contributed by atoms with van der Waals surface area (Å²) < 4.78 is 0. The van der Waals surface area contributed by atoms with Crippen molar-refractivity contribution in [1.82, 2.24) is 4.90 Å². The van der Waals surface area contributed by atoms with E-state index in [-0.39, 0.29) is 0 Å². The van der Waals surface area contributed by atoms with Crippen LogP contribution in [-0.2, 0) is 11.2 Å². The number of benzene rings is 1. The molecule has 0 spiro atoms. The molecule has 3 heteroatoms. The Morgan fingerprint density at radius 3 is 2.63 bits per heavy atom. The monoisotopic (exact) mass is 259 g/mol. The molecular weight excluding hydrogens is 238 g/mol. The minimum absolute atomic E-state index is 0.437. The van der Waals surface area contributed by atoms with Gasteiger partial charge in [0.15, 0.2) is 0 Å². The highest BCUT2D eigenvalue weighted by Gasteiger charge is 2.36. The molecule has 0 aromatic heterocycles. The van der Waals surface area contributed by atoms with Gasteiger partial charge in [0.2, 0.25) is 0 Å². The topological polar surface area (TPSA) is 40.5 Å². The van der Waals surface area contributed by atoms with Gasteiger partial charge in [0, 0.05) is 12.6 Å². The van der Waals surface area contributed by atoms with Crippen LogP contribution in [0.3, 0.4) is 0 Å². The predicted octanol–water partition coefficient (Wildman–Crippen LogP) is 3.00. The fourth-order valence-electron chi connectivity index (χ4n) is 3.67. The Kier molecular flexibility index (Phi) is 3.56. The van der Waals surface area contributed by atoms with Gasteiger partial charge in [0.1, 0.15) is 6.04 Å². The molecule has 0 bridgehead atoms. The maximum atomic E-state index is 11.7. The quantitative estimate of drug-likeness (QED) is 0.887. The molecule has 2 aliphatic rings. The maximum absolute atomic E-state index is 11.7. The highest BCUT2D eigenvalue weighted by molar-refractivity contribution is 5.76. The molecule has 1 aromatic rings. The van der Waals surface area contributed by atoms with Crippen molar-refractivity contribution in [2.75, 3.05) is 6.54 Å². The number of carboxylic acid groups (broad SMARTS) is 1. The molecule has 1 fully saturated rings. The fourth-order valence-corrected chi connectivity index (χ4v) is 3.67. The zero-order valence-corrected chi connectivity index (χ0v) is 11.2. The van der Waals surface area contributed by atoms with Crippen LogP contribution in [0.25, 0.3) is 0 Å². The molecule has 3 rings (SSSR count). The number of fused-ring (bicyclic) bond motifs is 1. The average Bonchev–Trinajstić information content (AvgIpc) is 2.46. The van der Waals surface area contributed by atoms with Gasteiger partial charge in [-0.15, -0.1) is 0 Å². The molecule has 0 saturated heterocycles. The standard InChI is InChI=1S/C16H21NO2/c18-16(19)15-14-9-5-4-6-12(14)10-11-17(15)13-7-2-1-3-8-13/h4-6,9,13,15H,1-3,7-8,10-11H2,(H,18,19). The fraction of sp³-hybridized carbons (Fsp3) is 0.562. The molecule has 1 aliphatic heterocycles. The lowest BCUT2D eigenvalue weighted by Gasteiger charge is -2.41. The number of nitrogens with zero attached hydrogens (tertiary/aromatic N) is 1. The SMILES string of the molecule is O=C(O)C1c2ccccc2CCN1C1CCCCC1. The summed E-state index contributed by atoms with van der Waals surface area (Å²) >= 11 is 0. The lowest BCUT2D eigenvalue weighted by Crippen LogP contribution is -2.46. The van der Waals surface area contributed by atoms with Gasteiger partial charge in [0.05, 0.1) is 0 Å². The molecule has 3 nitrogen and oxygen atoms in total. The molecule has 1 aromatic carbocycles. The molecule has 1 unspecified atom stereocenters. The van der Waals surface area contributed by atoms with Gasteiger partial charge < -0.3 is 5.11 Å². The Balaban J connectivity index is 1.91. The van der Waals surface area contributed by atoms with Gasteiger partial charge in [-0.1, -0.05) is 43.5 Å².